The Hall–Kier alpha value is -1.26. The molecule has 0 aliphatic rings. The van der Waals surface area contributed by atoms with Crippen LogP contribution in [0.25, 0.3) is 0 Å². The lowest BCUT2D eigenvalue weighted by atomic mass is 10.1. The SMILES string of the molecule is CC(CN)c1ncc(Cc2ccccc2F)s1. The molecule has 2 N–H and O–H groups in total. The zero-order valence-electron chi connectivity index (χ0n) is 9.69. The van der Waals surface area contributed by atoms with Crippen molar-refractivity contribution >= 4 is 11.3 Å². The van der Waals surface area contributed by atoms with E-state index < -0.39 is 0 Å². The fourth-order valence-electron chi connectivity index (χ4n) is 1.56. The van der Waals surface area contributed by atoms with E-state index in [2.05, 4.69) is 4.98 Å². The smallest absolute Gasteiger partial charge is 0.126 e. The fraction of sp³-hybridized carbons (Fsp3) is 0.308. The highest BCUT2D eigenvalue weighted by Crippen LogP contribution is 2.23. The van der Waals surface area contributed by atoms with E-state index in [-0.39, 0.29) is 11.7 Å². The van der Waals surface area contributed by atoms with E-state index in [1.807, 2.05) is 19.2 Å². The van der Waals surface area contributed by atoms with Crippen LogP contribution in [0.3, 0.4) is 0 Å². The average Bonchev–Trinajstić information content (AvgIpc) is 2.80. The summed E-state index contributed by atoms with van der Waals surface area (Å²) in [4.78, 5) is 5.40. The molecule has 0 aliphatic carbocycles. The number of thiazole rings is 1. The molecule has 0 bridgehead atoms. The van der Waals surface area contributed by atoms with Gasteiger partial charge >= 0.3 is 0 Å². The molecule has 4 heteroatoms. The van der Waals surface area contributed by atoms with Crippen LogP contribution >= 0.6 is 11.3 Å². The minimum Gasteiger partial charge on any atom is -0.330 e. The number of nitrogens with zero attached hydrogens (tertiary/aromatic N) is 1. The zero-order chi connectivity index (χ0) is 12.3. The molecule has 1 aromatic heterocycles. The molecule has 0 radical (unpaired) electrons. The summed E-state index contributed by atoms with van der Waals surface area (Å²) in [7, 11) is 0. The van der Waals surface area contributed by atoms with Crippen LogP contribution in [0.15, 0.2) is 30.5 Å². The maximum atomic E-state index is 13.5. The molecule has 0 fully saturated rings. The van der Waals surface area contributed by atoms with E-state index in [9.17, 15) is 4.39 Å². The van der Waals surface area contributed by atoms with Crippen LogP contribution in [0, 0.1) is 5.82 Å². The lowest BCUT2D eigenvalue weighted by Gasteiger charge is -2.02. The summed E-state index contributed by atoms with van der Waals surface area (Å²) in [6, 6.07) is 6.84. The highest BCUT2D eigenvalue weighted by atomic mass is 32.1. The molecule has 2 rings (SSSR count). The van der Waals surface area contributed by atoms with Crippen LogP contribution in [0.4, 0.5) is 4.39 Å². The Labute approximate surface area is 104 Å². The van der Waals surface area contributed by atoms with Crippen molar-refractivity contribution in [2.24, 2.45) is 5.73 Å². The van der Waals surface area contributed by atoms with Gasteiger partial charge in [-0.15, -0.1) is 11.3 Å². The second-order valence-corrected chi connectivity index (χ2v) is 5.22. The maximum Gasteiger partial charge on any atom is 0.126 e. The third-order valence-electron chi connectivity index (χ3n) is 2.67. The van der Waals surface area contributed by atoms with Crippen molar-refractivity contribution < 1.29 is 4.39 Å². The van der Waals surface area contributed by atoms with Crippen LogP contribution in [0.2, 0.25) is 0 Å². The summed E-state index contributed by atoms with van der Waals surface area (Å²) >= 11 is 1.61. The number of hydrogen-bond donors (Lipinski definition) is 1. The topological polar surface area (TPSA) is 38.9 Å². The Kier molecular flexibility index (Phi) is 3.86. The molecular weight excluding hydrogens is 235 g/mol. The quantitative estimate of drug-likeness (QED) is 0.906. The Morgan fingerprint density at radius 2 is 2.18 bits per heavy atom. The van der Waals surface area contributed by atoms with Gasteiger partial charge in [-0.05, 0) is 11.6 Å². The first-order valence-electron chi connectivity index (χ1n) is 5.58. The van der Waals surface area contributed by atoms with E-state index in [0.717, 1.165) is 9.88 Å². The predicted octanol–water partition coefficient (Wildman–Crippen LogP) is 2.94. The first kappa shape index (κ1) is 12.2. The van der Waals surface area contributed by atoms with Crippen LogP contribution in [0.1, 0.15) is 28.3 Å². The number of rotatable bonds is 4. The van der Waals surface area contributed by atoms with E-state index in [0.29, 0.717) is 18.5 Å². The van der Waals surface area contributed by atoms with Gasteiger partial charge in [0.1, 0.15) is 5.82 Å². The Balaban J connectivity index is 2.14. The number of hydrogen-bond acceptors (Lipinski definition) is 3. The summed E-state index contributed by atoms with van der Waals surface area (Å²) < 4.78 is 13.5. The van der Waals surface area contributed by atoms with Gasteiger partial charge in [0.05, 0.1) is 5.01 Å². The molecule has 0 spiro atoms. The van der Waals surface area contributed by atoms with Crippen LogP contribution in [0.5, 0.6) is 0 Å². The van der Waals surface area contributed by atoms with E-state index >= 15 is 0 Å². The summed E-state index contributed by atoms with van der Waals surface area (Å²) in [5, 5.41) is 1.03. The van der Waals surface area contributed by atoms with Crippen molar-refractivity contribution in [1.82, 2.24) is 4.98 Å². The Bertz CT molecular complexity index is 496. The van der Waals surface area contributed by atoms with Gasteiger partial charge in [0, 0.05) is 30.0 Å². The van der Waals surface area contributed by atoms with Crippen molar-refractivity contribution in [3.8, 4) is 0 Å². The van der Waals surface area contributed by atoms with E-state index in [1.54, 1.807) is 23.5 Å². The molecule has 1 heterocycles. The molecule has 90 valence electrons. The molecule has 0 saturated carbocycles. The normalized spacial score (nSPS) is 12.6. The highest BCUT2D eigenvalue weighted by Gasteiger charge is 2.10. The molecule has 17 heavy (non-hydrogen) atoms. The average molecular weight is 250 g/mol. The third kappa shape index (κ3) is 2.90. The molecule has 1 unspecified atom stereocenters. The Morgan fingerprint density at radius 1 is 1.41 bits per heavy atom. The largest absolute Gasteiger partial charge is 0.330 e. The number of nitrogens with two attached hydrogens (primary N) is 1. The molecule has 2 nitrogen and oxygen atoms in total. The monoisotopic (exact) mass is 250 g/mol. The molecule has 1 atom stereocenters. The number of halogens is 1. The van der Waals surface area contributed by atoms with Gasteiger partial charge in [-0.25, -0.2) is 9.37 Å². The first-order valence-corrected chi connectivity index (χ1v) is 6.40. The van der Waals surface area contributed by atoms with Crippen LogP contribution < -0.4 is 5.73 Å². The van der Waals surface area contributed by atoms with Crippen molar-refractivity contribution in [2.75, 3.05) is 6.54 Å². The maximum absolute atomic E-state index is 13.5. The van der Waals surface area contributed by atoms with Gasteiger partial charge in [0.25, 0.3) is 0 Å². The standard InChI is InChI=1S/C13H15FN2S/c1-9(7-15)13-16-8-11(17-13)6-10-4-2-3-5-12(10)14/h2-5,8-9H,6-7,15H2,1H3. The Morgan fingerprint density at radius 3 is 2.88 bits per heavy atom. The zero-order valence-corrected chi connectivity index (χ0v) is 10.5. The van der Waals surface area contributed by atoms with Crippen LogP contribution in [-0.4, -0.2) is 11.5 Å². The van der Waals surface area contributed by atoms with Gasteiger partial charge in [-0.2, -0.15) is 0 Å². The van der Waals surface area contributed by atoms with Crippen molar-refractivity contribution in [3.63, 3.8) is 0 Å². The number of benzene rings is 1. The second kappa shape index (κ2) is 5.38. The van der Waals surface area contributed by atoms with Crippen LogP contribution in [-0.2, 0) is 6.42 Å². The minimum absolute atomic E-state index is 0.158. The number of aromatic nitrogens is 1. The van der Waals surface area contributed by atoms with Gasteiger partial charge < -0.3 is 5.73 Å². The second-order valence-electron chi connectivity index (χ2n) is 4.07. The van der Waals surface area contributed by atoms with Gasteiger partial charge in [0.15, 0.2) is 0 Å². The lowest BCUT2D eigenvalue weighted by Crippen LogP contribution is -2.08. The van der Waals surface area contributed by atoms with E-state index in [4.69, 9.17) is 5.73 Å². The molecule has 0 aliphatic heterocycles. The minimum atomic E-state index is -0.158. The molecule has 2 aromatic rings. The van der Waals surface area contributed by atoms with Crippen molar-refractivity contribution in [2.45, 2.75) is 19.3 Å². The fourth-order valence-corrected chi connectivity index (χ4v) is 2.57. The van der Waals surface area contributed by atoms with Gasteiger partial charge in [-0.1, -0.05) is 25.1 Å². The summed E-state index contributed by atoms with van der Waals surface area (Å²) in [5.41, 5.74) is 6.31. The van der Waals surface area contributed by atoms with E-state index in [1.165, 1.54) is 6.07 Å². The molecule has 0 amide bonds. The van der Waals surface area contributed by atoms with Crippen molar-refractivity contribution in [1.29, 1.82) is 0 Å². The summed E-state index contributed by atoms with van der Waals surface area (Å²) in [5.74, 6) is 0.115. The molecular formula is C13H15FN2S. The highest BCUT2D eigenvalue weighted by molar-refractivity contribution is 7.11. The molecule has 0 saturated heterocycles. The van der Waals surface area contributed by atoms with Crippen molar-refractivity contribution in [3.05, 3.63) is 51.7 Å². The lowest BCUT2D eigenvalue weighted by molar-refractivity contribution is 0.614. The van der Waals surface area contributed by atoms with Gasteiger partial charge in [-0.3, -0.25) is 0 Å². The predicted molar refractivity (Wildman–Crippen MR) is 68.8 cm³/mol. The molecule has 1 aromatic carbocycles. The first-order chi connectivity index (χ1) is 8.20. The summed E-state index contributed by atoms with van der Waals surface area (Å²) in [6.07, 6.45) is 2.42. The third-order valence-corrected chi connectivity index (χ3v) is 3.90. The van der Waals surface area contributed by atoms with Gasteiger partial charge in [0.2, 0.25) is 0 Å². The summed E-state index contributed by atoms with van der Waals surface area (Å²) in [6.45, 7) is 2.64.